The van der Waals surface area contributed by atoms with Gasteiger partial charge >= 0.3 is 0 Å². The van der Waals surface area contributed by atoms with Crippen LogP contribution in [0.15, 0.2) is 66.7 Å². The van der Waals surface area contributed by atoms with E-state index in [0.29, 0.717) is 22.2 Å². The predicted molar refractivity (Wildman–Crippen MR) is 158 cm³/mol. The number of amides is 2. The quantitative estimate of drug-likeness (QED) is 0.288. The first-order valence-corrected chi connectivity index (χ1v) is 15.2. The van der Waals surface area contributed by atoms with Crippen LogP contribution >= 0.6 is 46.4 Å². The Kier molecular flexibility index (Phi) is 10.9. The highest BCUT2D eigenvalue weighted by atomic mass is 35.5. The number of hydrogen-bond acceptors (Lipinski definition) is 4. The van der Waals surface area contributed by atoms with Gasteiger partial charge in [-0.15, -0.1) is 0 Å². The second-order valence-electron chi connectivity index (χ2n) is 8.72. The largest absolute Gasteiger partial charge is 0.355 e. The number of nitrogens with one attached hydrogen (secondary N) is 1. The third-order valence-corrected chi connectivity index (χ3v) is 8.11. The highest BCUT2D eigenvalue weighted by Crippen LogP contribution is 2.29. The van der Waals surface area contributed by atoms with E-state index in [0.717, 1.165) is 16.1 Å². The van der Waals surface area contributed by atoms with Crippen molar-refractivity contribution in [3.05, 3.63) is 97.9 Å². The van der Waals surface area contributed by atoms with Gasteiger partial charge in [0.1, 0.15) is 12.6 Å². The fourth-order valence-corrected chi connectivity index (χ4v) is 5.86. The summed E-state index contributed by atoms with van der Waals surface area (Å²) in [5.41, 5.74) is 1.34. The monoisotopic (exact) mass is 629 g/mol. The molecule has 39 heavy (non-hydrogen) atoms. The summed E-state index contributed by atoms with van der Waals surface area (Å²) in [4.78, 5) is 28.7. The molecule has 0 fully saturated rings. The summed E-state index contributed by atoms with van der Waals surface area (Å²) in [5.74, 6) is -1.06. The van der Waals surface area contributed by atoms with E-state index in [9.17, 15) is 18.0 Å². The van der Waals surface area contributed by atoms with Gasteiger partial charge in [-0.3, -0.25) is 13.9 Å². The SMILES string of the molecule is CCNC(=O)[C@@H](Cc1ccccc1)N(Cc1c(Cl)cccc1Cl)C(=O)CN(c1cc(Cl)cc(Cl)c1)S(C)(=O)=O. The van der Waals surface area contributed by atoms with Gasteiger partial charge in [0.05, 0.1) is 11.9 Å². The van der Waals surface area contributed by atoms with Crippen LogP contribution in [0.5, 0.6) is 0 Å². The first-order chi connectivity index (χ1) is 18.4. The Morgan fingerprint density at radius 1 is 0.897 bits per heavy atom. The zero-order valence-corrected chi connectivity index (χ0v) is 25.0. The molecular weight excluding hydrogens is 604 g/mol. The molecule has 0 aliphatic heterocycles. The summed E-state index contributed by atoms with van der Waals surface area (Å²) in [7, 11) is -3.97. The van der Waals surface area contributed by atoms with Crippen LogP contribution in [0.4, 0.5) is 5.69 Å². The van der Waals surface area contributed by atoms with Crippen LogP contribution in [0.25, 0.3) is 0 Å². The number of carbonyl (C=O) groups is 2. The van der Waals surface area contributed by atoms with Crippen molar-refractivity contribution < 1.29 is 18.0 Å². The molecule has 1 atom stereocenters. The zero-order chi connectivity index (χ0) is 28.7. The first-order valence-electron chi connectivity index (χ1n) is 11.9. The Hall–Kier alpha value is -2.49. The molecule has 3 aromatic rings. The molecule has 3 aromatic carbocycles. The van der Waals surface area contributed by atoms with E-state index in [1.165, 1.54) is 23.1 Å². The van der Waals surface area contributed by atoms with Crippen molar-refractivity contribution in [3.63, 3.8) is 0 Å². The molecule has 7 nitrogen and oxygen atoms in total. The molecule has 0 saturated carbocycles. The third-order valence-electron chi connectivity index (χ3n) is 5.83. The number of carbonyl (C=O) groups excluding carboxylic acids is 2. The molecule has 0 bridgehead atoms. The Morgan fingerprint density at radius 3 is 2.03 bits per heavy atom. The second-order valence-corrected chi connectivity index (χ2v) is 12.3. The van der Waals surface area contributed by atoms with E-state index < -0.39 is 34.4 Å². The number of sulfonamides is 1. The van der Waals surface area contributed by atoms with Crippen LogP contribution in [0.2, 0.25) is 20.1 Å². The number of hydrogen-bond donors (Lipinski definition) is 1. The van der Waals surface area contributed by atoms with Crippen molar-refractivity contribution >= 4 is 73.9 Å². The number of anilines is 1. The summed E-state index contributed by atoms with van der Waals surface area (Å²) in [6.07, 6.45) is 1.14. The lowest BCUT2D eigenvalue weighted by atomic mass is 10.0. The number of halogens is 4. The zero-order valence-electron chi connectivity index (χ0n) is 21.2. The van der Waals surface area contributed by atoms with Crippen molar-refractivity contribution in [3.8, 4) is 0 Å². The van der Waals surface area contributed by atoms with Gasteiger partial charge in [0.15, 0.2) is 0 Å². The maximum atomic E-state index is 14.0. The Labute approximate surface area is 248 Å². The summed E-state index contributed by atoms with van der Waals surface area (Å²) in [5, 5.41) is 3.78. The van der Waals surface area contributed by atoms with Crippen molar-refractivity contribution in [2.75, 3.05) is 23.7 Å². The highest BCUT2D eigenvalue weighted by molar-refractivity contribution is 7.92. The predicted octanol–water partition coefficient (Wildman–Crippen LogP) is 5.84. The molecule has 2 amide bonds. The number of nitrogens with zero attached hydrogens (tertiary/aromatic N) is 2. The lowest BCUT2D eigenvalue weighted by molar-refractivity contribution is -0.140. The van der Waals surface area contributed by atoms with Crippen molar-refractivity contribution in [1.29, 1.82) is 0 Å². The van der Waals surface area contributed by atoms with Gasteiger partial charge in [0.2, 0.25) is 21.8 Å². The molecule has 12 heteroatoms. The van der Waals surface area contributed by atoms with Crippen molar-refractivity contribution in [1.82, 2.24) is 10.2 Å². The maximum Gasteiger partial charge on any atom is 0.244 e. The van der Waals surface area contributed by atoms with Crippen LogP contribution < -0.4 is 9.62 Å². The Morgan fingerprint density at radius 2 is 1.49 bits per heavy atom. The maximum absolute atomic E-state index is 14.0. The minimum Gasteiger partial charge on any atom is -0.355 e. The van der Waals surface area contributed by atoms with Crippen LogP contribution in [-0.2, 0) is 32.6 Å². The molecule has 0 saturated heterocycles. The van der Waals surface area contributed by atoms with Crippen LogP contribution in [0, 0.1) is 0 Å². The van der Waals surface area contributed by atoms with E-state index in [1.54, 1.807) is 25.1 Å². The molecule has 0 aromatic heterocycles. The molecule has 0 unspecified atom stereocenters. The van der Waals surface area contributed by atoms with Gasteiger partial charge in [-0.25, -0.2) is 8.42 Å². The number of likely N-dealkylation sites (N-methyl/N-ethyl adjacent to an activating group) is 1. The lowest BCUT2D eigenvalue weighted by Crippen LogP contribution is -2.53. The third kappa shape index (κ3) is 8.50. The highest BCUT2D eigenvalue weighted by Gasteiger charge is 2.33. The fourth-order valence-electron chi connectivity index (χ4n) is 4.00. The molecule has 1 N–H and O–H groups in total. The van der Waals surface area contributed by atoms with Crippen LogP contribution in [-0.4, -0.2) is 50.5 Å². The van der Waals surface area contributed by atoms with Gasteiger partial charge in [-0.05, 0) is 42.8 Å². The first kappa shape index (κ1) is 31.0. The van der Waals surface area contributed by atoms with Gasteiger partial charge in [-0.1, -0.05) is 82.8 Å². The van der Waals surface area contributed by atoms with E-state index in [2.05, 4.69) is 5.32 Å². The molecule has 3 rings (SSSR count). The van der Waals surface area contributed by atoms with Crippen molar-refractivity contribution in [2.45, 2.75) is 25.9 Å². The van der Waals surface area contributed by atoms with Gasteiger partial charge < -0.3 is 10.2 Å². The summed E-state index contributed by atoms with van der Waals surface area (Å²) < 4.78 is 26.5. The fraction of sp³-hybridized carbons (Fsp3) is 0.259. The normalized spacial score (nSPS) is 12.1. The average molecular weight is 631 g/mol. The standard InChI is InChI=1S/C27H27Cl4N3O4S/c1-3-32-27(36)25(12-18-8-5-4-6-9-18)33(16-22-23(30)10-7-11-24(22)31)26(35)17-34(39(2,37)38)21-14-19(28)13-20(29)15-21/h4-11,13-15,25H,3,12,16-17H2,1-2H3,(H,32,36)/t25-/m1/s1. The molecule has 0 heterocycles. The van der Waals surface area contributed by atoms with Gasteiger partial charge in [0, 0.05) is 45.2 Å². The topological polar surface area (TPSA) is 86.8 Å². The summed E-state index contributed by atoms with van der Waals surface area (Å²) >= 11 is 25.1. The molecule has 0 spiro atoms. The van der Waals surface area contributed by atoms with Gasteiger partial charge in [-0.2, -0.15) is 0 Å². The smallest absolute Gasteiger partial charge is 0.244 e. The van der Waals surface area contributed by atoms with Crippen molar-refractivity contribution in [2.24, 2.45) is 0 Å². The van der Waals surface area contributed by atoms with E-state index >= 15 is 0 Å². The van der Waals surface area contributed by atoms with E-state index in [-0.39, 0.29) is 28.7 Å². The van der Waals surface area contributed by atoms with Crippen LogP contribution in [0.1, 0.15) is 18.1 Å². The Bertz CT molecular complexity index is 1400. The molecule has 208 valence electrons. The second kappa shape index (κ2) is 13.7. The minimum atomic E-state index is -3.97. The minimum absolute atomic E-state index is 0.108. The molecular formula is C27H27Cl4N3O4S. The lowest BCUT2D eigenvalue weighted by Gasteiger charge is -2.34. The molecule has 0 aliphatic rings. The average Bonchev–Trinajstić information content (AvgIpc) is 2.85. The number of rotatable bonds is 11. The van der Waals surface area contributed by atoms with E-state index in [1.807, 2.05) is 30.3 Å². The summed E-state index contributed by atoms with van der Waals surface area (Å²) in [6, 6.07) is 17.3. The Balaban J connectivity index is 2.10. The molecule has 0 aliphatic carbocycles. The van der Waals surface area contributed by atoms with E-state index in [4.69, 9.17) is 46.4 Å². The van der Waals surface area contributed by atoms with Gasteiger partial charge in [0.25, 0.3) is 0 Å². The summed E-state index contributed by atoms with van der Waals surface area (Å²) in [6.45, 7) is 1.33. The molecule has 0 radical (unpaired) electrons. The van der Waals surface area contributed by atoms with Crippen LogP contribution in [0.3, 0.4) is 0 Å². The number of benzene rings is 3.